The van der Waals surface area contributed by atoms with Crippen molar-refractivity contribution in [1.29, 1.82) is 0 Å². The molecule has 1 saturated carbocycles. The molecule has 36 heavy (non-hydrogen) atoms. The average molecular weight is 492 g/mol. The molecular formula is C26H33N7O3. The van der Waals surface area contributed by atoms with E-state index in [2.05, 4.69) is 38.2 Å². The van der Waals surface area contributed by atoms with E-state index < -0.39 is 5.97 Å². The van der Waals surface area contributed by atoms with Crippen LogP contribution in [-0.4, -0.2) is 54.1 Å². The molecule has 1 aliphatic heterocycles. The number of carboxylic acid groups (broad SMARTS) is 1. The van der Waals surface area contributed by atoms with Gasteiger partial charge in [-0.05, 0) is 49.8 Å². The fourth-order valence-corrected chi connectivity index (χ4v) is 5.02. The number of ether oxygens (including phenoxy) is 1. The van der Waals surface area contributed by atoms with Gasteiger partial charge in [0, 0.05) is 32.3 Å². The van der Waals surface area contributed by atoms with Gasteiger partial charge in [0.1, 0.15) is 18.0 Å². The van der Waals surface area contributed by atoms with E-state index in [1.165, 1.54) is 19.3 Å². The van der Waals surface area contributed by atoms with Crippen LogP contribution in [0.2, 0.25) is 0 Å². The van der Waals surface area contributed by atoms with Crippen LogP contribution in [0.4, 0.5) is 5.69 Å². The summed E-state index contributed by atoms with van der Waals surface area (Å²) in [7, 11) is 1.84. The zero-order chi connectivity index (χ0) is 25.2. The minimum absolute atomic E-state index is 0.139. The summed E-state index contributed by atoms with van der Waals surface area (Å²) >= 11 is 0. The lowest BCUT2D eigenvalue weighted by Crippen LogP contribution is -2.26. The molecule has 2 fully saturated rings. The van der Waals surface area contributed by atoms with E-state index in [1.807, 2.05) is 19.2 Å². The van der Waals surface area contributed by atoms with Crippen LogP contribution >= 0.6 is 0 Å². The molecule has 0 radical (unpaired) electrons. The van der Waals surface area contributed by atoms with E-state index in [9.17, 15) is 9.90 Å². The molecule has 1 unspecified atom stereocenters. The van der Waals surface area contributed by atoms with Crippen LogP contribution < -0.4 is 9.64 Å². The van der Waals surface area contributed by atoms with Crippen LogP contribution in [0.25, 0.3) is 11.4 Å². The predicted molar refractivity (Wildman–Crippen MR) is 134 cm³/mol. The smallest absolute Gasteiger partial charge is 0.316 e. The van der Waals surface area contributed by atoms with Crippen molar-refractivity contribution in [2.45, 2.75) is 58.5 Å². The summed E-state index contributed by atoms with van der Waals surface area (Å²) in [6.07, 6.45) is 6.97. The number of anilines is 1. The van der Waals surface area contributed by atoms with E-state index in [0.29, 0.717) is 17.6 Å². The van der Waals surface area contributed by atoms with Crippen LogP contribution in [0, 0.1) is 11.8 Å². The maximum atomic E-state index is 11.4. The topological polar surface area (TPSA) is 119 Å². The van der Waals surface area contributed by atoms with Crippen molar-refractivity contribution >= 4 is 11.7 Å². The first-order valence-electron chi connectivity index (χ1n) is 12.8. The second-order valence-corrected chi connectivity index (χ2v) is 9.83. The minimum atomic E-state index is -0.733. The van der Waals surface area contributed by atoms with Crippen LogP contribution in [0.15, 0.2) is 24.4 Å². The van der Waals surface area contributed by atoms with Crippen LogP contribution in [-0.2, 0) is 24.9 Å². The number of rotatable bonds is 9. The van der Waals surface area contributed by atoms with Gasteiger partial charge in [0.15, 0.2) is 0 Å². The molecule has 2 atom stereocenters. The molecule has 0 amide bonds. The third kappa shape index (κ3) is 4.76. The Bertz CT molecular complexity index is 1240. The standard InChI is InChI=1S/C26H33N7O3/c1-4-19-22(33-13-11-18(14-33)16(2)25(34)35)9-8-21(28-19)24-23(32(3)31-30-24)15-36-26-27-12-10-20(29-26)17-6-5-7-17/h8-10,12,16-18H,4-7,11,13-15H2,1-3H3,(H,34,35)/t16?,18-/m1/s1. The van der Waals surface area contributed by atoms with Crippen LogP contribution in [0.5, 0.6) is 6.01 Å². The van der Waals surface area contributed by atoms with Gasteiger partial charge in [-0.25, -0.2) is 14.6 Å². The first kappa shape index (κ1) is 24.1. The summed E-state index contributed by atoms with van der Waals surface area (Å²) in [6, 6.07) is 6.36. The highest BCUT2D eigenvalue weighted by Gasteiger charge is 2.32. The average Bonchev–Trinajstić information content (AvgIpc) is 3.48. The highest BCUT2D eigenvalue weighted by atomic mass is 16.5. The fraction of sp³-hybridized carbons (Fsp3) is 0.538. The zero-order valence-electron chi connectivity index (χ0n) is 21.1. The number of nitrogens with zero attached hydrogens (tertiary/aromatic N) is 7. The molecule has 3 aromatic heterocycles. The van der Waals surface area contributed by atoms with Gasteiger partial charge in [0.2, 0.25) is 0 Å². The minimum Gasteiger partial charge on any atom is -0.481 e. The molecule has 10 nitrogen and oxygen atoms in total. The van der Waals surface area contributed by atoms with Gasteiger partial charge in [-0.1, -0.05) is 25.5 Å². The van der Waals surface area contributed by atoms with Crippen molar-refractivity contribution < 1.29 is 14.6 Å². The second-order valence-electron chi connectivity index (χ2n) is 9.83. The van der Waals surface area contributed by atoms with Crippen molar-refractivity contribution in [3.63, 3.8) is 0 Å². The normalized spacial score (nSPS) is 18.8. The van der Waals surface area contributed by atoms with Crippen molar-refractivity contribution in [2.24, 2.45) is 18.9 Å². The number of aryl methyl sites for hydroxylation is 2. The Morgan fingerprint density at radius 1 is 1.22 bits per heavy atom. The summed E-state index contributed by atoms with van der Waals surface area (Å²) in [5.41, 5.74) is 5.27. The molecule has 3 aromatic rings. The SMILES string of the molecule is CCc1nc(-c2nnn(C)c2COc2nccc(C3CCC3)n2)ccc1N1CC[C@@H](C(C)C(=O)O)C1. The molecular weight excluding hydrogens is 458 g/mol. The predicted octanol–water partition coefficient (Wildman–Crippen LogP) is 3.62. The van der Waals surface area contributed by atoms with E-state index in [4.69, 9.17) is 9.72 Å². The molecule has 2 aliphatic rings. The lowest BCUT2D eigenvalue weighted by Gasteiger charge is -2.24. The van der Waals surface area contributed by atoms with Crippen molar-refractivity contribution in [3.8, 4) is 17.4 Å². The Labute approximate surface area is 210 Å². The number of pyridine rings is 1. The first-order valence-corrected chi connectivity index (χ1v) is 12.8. The summed E-state index contributed by atoms with van der Waals surface area (Å²) < 4.78 is 7.66. The van der Waals surface area contributed by atoms with Gasteiger partial charge in [-0.15, -0.1) is 5.10 Å². The highest BCUT2D eigenvalue weighted by Crippen LogP contribution is 2.36. The maximum Gasteiger partial charge on any atom is 0.316 e. The molecule has 0 aromatic carbocycles. The quantitative estimate of drug-likeness (QED) is 0.478. The monoisotopic (exact) mass is 491 g/mol. The van der Waals surface area contributed by atoms with Gasteiger partial charge in [0.25, 0.3) is 0 Å². The second kappa shape index (κ2) is 10.2. The van der Waals surface area contributed by atoms with Crippen LogP contribution in [0.3, 0.4) is 0 Å². The van der Waals surface area contributed by atoms with E-state index in [-0.39, 0.29) is 18.4 Å². The third-order valence-corrected chi connectivity index (χ3v) is 7.65. The van der Waals surface area contributed by atoms with Gasteiger partial charge >= 0.3 is 12.0 Å². The lowest BCUT2D eigenvalue weighted by atomic mass is 9.83. The van der Waals surface area contributed by atoms with Gasteiger partial charge < -0.3 is 14.7 Å². The molecule has 4 heterocycles. The number of hydrogen-bond donors (Lipinski definition) is 1. The molecule has 1 N–H and O–H groups in total. The lowest BCUT2D eigenvalue weighted by molar-refractivity contribution is -0.142. The Hall–Kier alpha value is -3.56. The molecule has 1 saturated heterocycles. The number of carboxylic acids is 1. The Balaban J connectivity index is 1.33. The van der Waals surface area contributed by atoms with Crippen molar-refractivity contribution in [2.75, 3.05) is 18.0 Å². The summed E-state index contributed by atoms with van der Waals surface area (Å²) in [5.74, 6) is -0.435. The molecule has 0 bridgehead atoms. The van der Waals surface area contributed by atoms with E-state index >= 15 is 0 Å². The Morgan fingerprint density at radius 3 is 2.78 bits per heavy atom. The Morgan fingerprint density at radius 2 is 2.06 bits per heavy atom. The largest absolute Gasteiger partial charge is 0.481 e. The first-order chi connectivity index (χ1) is 17.4. The van der Waals surface area contributed by atoms with Gasteiger partial charge in [-0.2, -0.15) is 4.98 Å². The highest BCUT2D eigenvalue weighted by molar-refractivity contribution is 5.70. The number of aliphatic carboxylic acids is 1. The van der Waals surface area contributed by atoms with Crippen molar-refractivity contribution in [1.82, 2.24) is 29.9 Å². The summed E-state index contributed by atoms with van der Waals surface area (Å²) in [6.45, 7) is 5.67. The van der Waals surface area contributed by atoms with E-state index in [0.717, 1.165) is 54.4 Å². The number of aromatic nitrogens is 6. The number of carbonyl (C=O) groups is 1. The molecule has 190 valence electrons. The molecule has 10 heteroatoms. The molecule has 5 rings (SSSR count). The molecule has 1 aliphatic carbocycles. The zero-order valence-corrected chi connectivity index (χ0v) is 21.1. The number of hydrogen-bond acceptors (Lipinski definition) is 8. The Kier molecular flexibility index (Phi) is 6.84. The van der Waals surface area contributed by atoms with Gasteiger partial charge in [-0.3, -0.25) is 4.79 Å². The van der Waals surface area contributed by atoms with Crippen LogP contribution in [0.1, 0.15) is 62.5 Å². The fourth-order valence-electron chi connectivity index (χ4n) is 5.02. The van der Waals surface area contributed by atoms with Gasteiger partial charge in [0.05, 0.1) is 28.7 Å². The third-order valence-electron chi connectivity index (χ3n) is 7.65. The van der Waals surface area contributed by atoms with E-state index in [1.54, 1.807) is 17.8 Å². The van der Waals surface area contributed by atoms with Crippen molar-refractivity contribution in [3.05, 3.63) is 41.5 Å². The summed E-state index contributed by atoms with van der Waals surface area (Å²) in [5, 5.41) is 18.0. The molecule has 0 spiro atoms. The summed E-state index contributed by atoms with van der Waals surface area (Å²) in [4.78, 5) is 27.5. The maximum absolute atomic E-state index is 11.4.